The van der Waals surface area contributed by atoms with Crippen molar-refractivity contribution in [2.75, 3.05) is 5.84 Å². The zero-order chi connectivity index (χ0) is 6.85. The predicted octanol–water partition coefficient (Wildman–Crippen LogP) is -1.13. The van der Waals surface area contributed by atoms with E-state index in [1.165, 1.54) is 16.9 Å². The van der Waals surface area contributed by atoms with Gasteiger partial charge in [0.25, 0.3) is 0 Å². The number of aromatic nitrogens is 1. The van der Waals surface area contributed by atoms with Gasteiger partial charge in [0.05, 0.1) is 0 Å². The van der Waals surface area contributed by atoms with Crippen molar-refractivity contribution in [1.29, 1.82) is 5.26 Å². The van der Waals surface area contributed by atoms with E-state index in [1.807, 2.05) is 6.07 Å². The van der Waals surface area contributed by atoms with Crippen molar-refractivity contribution in [3.8, 4) is 6.07 Å². The SMILES string of the molecule is [B]c1cc(C#N)n(N)c1. The minimum Gasteiger partial charge on any atom is -0.339 e. The Labute approximate surface area is 54.1 Å². The van der Waals surface area contributed by atoms with Gasteiger partial charge >= 0.3 is 0 Å². The molecule has 0 aliphatic rings. The Balaban J connectivity index is 3.20. The number of nitriles is 1. The molecule has 0 fully saturated rings. The summed E-state index contributed by atoms with van der Waals surface area (Å²) in [5.74, 6) is 5.27. The van der Waals surface area contributed by atoms with E-state index in [1.54, 1.807) is 0 Å². The van der Waals surface area contributed by atoms with Crippen LogP contribution in [0.1, 0.15) is 5.69 Å². The van der Waals surface area contributed by atoms with E-state index in [9.17, 15) is 0 Å². The van der Waals surface area contributed by atoms with Crippen LogP contribution in [0.5, 0.6) is 0 Å². The van der Waals surface area contributed by atoms with Crippen LogP contribution >= 0.6 is 0 Å². The molecule has 1 aromatic rings. The second-order valence-corrected chi connectivity index (χ2v) is 1.68. The highest BCUT2D eigenvalue weighted by atomic mass is 15.3. The number of hydrogen-bond donors (Lipinski definition) is 1. The third-order valence-electron chi connectivity index (χ3n) is 0.984. The molecule has 0 aliphatic heterocycles. The highest BCUT2D eigenvalue weighted by molar-refractivity contribution is 6.32. The fraction of sp³-hybridized carbons (Fsp3) is 0. The number of nitrogen functional groups attached to an aromatic ring is 1. The lowest BCUT2D eigenvalue weighted by atomic mass is 10.0. The van der Waals surface area contributed by atoms with Crippen LogP contribution in [0.4, 0.5) is 0 Å². The van der Waals surface area contributed by atoms with Gasteiger partial charge in [-0.15, -0.1) is 0 Å². The molecule has 1 rings (SSSR count). The van der Waals surface area contributed by atoms with E-state index >= 15 is 0 Å². The molecule has 1 heterocycles. The van der Waals surface area contributed by atoms with Gasteiger partial charge in [0, 0.05) is 6.20 Å². The van der Waals surface area contributed by atoms with E-state index in [4.69, 9.17) is 19.0 Å². The molecule has 0 saturated heterocycles. The number of hydrogen-bond acceptors (Lipinski definition) is 2. The molecule has 9 heavy (non-hydrogen) atoms. The molecular weight excluding hydrogens is 113 g/mol. The molecule has 0 aromatic carbocycles. The molecular formula is C5H4BN3. The summed E-state index contributed by atoms with van der Waals surface area (Å²) in [7, 11) is 5.30. The molecule has 4 heteroatoms. The fourth-order valence-corrected chi connectivity index (χ4v) is 0.590. The van der Waals surface area contributed by atoms with Gasteiger partial charge in [0.15, 0.2) is 0 Å². The number of nitrogens with zero attached hydrogens (tertiary/aromatic N) is 2. The molecule has 0 unspecified atom stereocenters. The maximum absolute atomic E-state index is 8.33. The minimum absolute atomic E-state index is 0.368. The molecule has 0 amide bonds. The van der Waals surface area contributed by atoms with Gasteiger partial charge in [0.2, 0.25) is 0 Å². The largest absolute Gasteiger partial charge is 0.339 e. The first-order valence-corrected chi connectivity index (χ1v) is 2.37. The molecule has 0 bridgehead atoms. The molecule has 1 aromatic heterocycles. The fourth-order valence-electron chi connectivity index (χ4n) is 0.590. The smallest absolute Gasteiger partial charge is 0.138 e. The molecule has 0 spiro atoms. The van der Waals surface area contributed by atoms with Crippen LogP contribution in [-0.2, 0) is 0 Å². The second kappa shape index (κ2) is 1.86. The number of nitrogens with two attached hydrogens (primary N) is 1. The van der Waals surface area contributed by atoms with Gasteiger partial charge in [-0.2, -0.15) is 5.26 Å². The molecule has 2 N–H and O–H groups in total. The summed E-state index contributed by atoms with van der Waals surface area (Å²) in [5, 5.41) is 8.33. The lowest BCUT2D eigenvalue weighted by Gasteiger charge is -1.88. The third kappa shape index (κ3) is 0.893. The summed E-state index contributed by atoms with van der Waals surface area (Å²) < 4.78 is 1.19. The van der Waals surface area contributed by atoms with E-state index in [2.05, 4.69) is 0 Å². The maximum atomic E-state index is 8.33. The average molecular weight is 117 g/mol. The van der Waals surface area contributed by atoms with Crippen LogP contribution in [0, 0.1) is 11.3 Å². The van der Waals surface area contributed by atoms with Crippen molar-refractivity contribution in [2.45, 2.75) is 0 Å². The summed E-state index contributed by atoms with van der Waals surface area (Å²) in [6.07, 6.45) is 1.48. The first-order valence-electron chi connectivity index (χ1n) is 2.37. The van der Waals surface area contributed by atoms with Crippen LogP contribution in [0.3, 0.4) is 0 Å². The van der Waals surface area contributed by atoms with Crippen molar-refractivity contribution in [2.24, 2.45) is 0 Å². The summed E-state index contributed by atoms with van der Waals surface area (Å²) in [6.45, 7) is 0. The standard InChI is InChI=1S/C5H4BN3/c6-4-1-5(2-7)9(8)3-4/h1,3H,8H2. The highest BCUT2D eigenvalue weighted by Crippen LogP contribution is 1.89. The van der Waals surface area contributed by atoms with Crippen molar-refractivity contribution in [3.05, 3.63) is 18.0 Å². The summed E-state index contributed by atoms with van der Waals surface area (Å²) >= 11 is 0. The van der Waals surface area contributed by atoms with Crippen LogP contribution in [0.25, 0.3) is 0 Å². The van der Waals surface area contributed by atoms with Gasteiger partial charge in [0.1, 0.15) is 19.6 Å². The average Bonchev–Trinajstić information content (AvgIpc) is 2.10. The first-order chi connectivity index (χ1) is 4.24. The van der Waals surface area contributed by atoms with Crippen molar-refractivity contribution in [3.63, 3.8) is 0 Å². The summed E-state index contributed by atoms with van der Waals surface area (Å²) in [4.78, 5) is 0. The van der Waals surface area contributed by atoms with Crippen molar-refractivity contribution >= 4 is 13.3 Å². The van der Waals surface area contributed by atoms with Crippen LogP contribution in [0.2, 0.25) is 0 Å². The minimum atomic E-state index is 0.368. The molecule has 42 valence electrons. The first kappa shape index (κ1) is 5.77. The third-order valence-corrected chi connectivity index (χ3v) is 0.984. The Morgan fingerprint density at radius 1 is 1.78 bits per heavy atom. The zero-order valence-corrected chi connectivity index (χ0v) is 4.70. The molecule has 3 nitrogen and oxygen atoms in total. The van der Waals surface area contributed by atoms with Crippen LogP contribution in [-0.4, -0.2) is 12.5 Å². The van der Waals surface area contributed by atoms with E-state index in [0.29, 0.717) is 11.2 Å². The quantitative estimate of drug-likeness (QED) is 0.345. The van der Waals surface area contributed by atoms with Crippen molar-refractivity contribution < 1.29 is 0 Å². The summed E-state index contributed by atoms with van der Waals surface area (Å²) in [5.41, 5.74) is 0.876. The normalized spacial score (nSPS) is 8.78. The van der Waals surface area contributed by atoms with Gasteiger partial charge in [-0.05, 0) is 6.07 Å². The van der Waals surface area contributed by atoms with E-state index in [0.717, 1.165) is 0 Å². The van der Waals surface area contributed by atoms with Gasteiger partial charge < -0.3 is 5.84 Å². The predicted molar refractivity (Wildman–Crippen MR) is 34.7 cm³/mol. The number of rotatable bonds is 0. The van der Waals surface area contributed by atoms with Crippen LogP contribution in [0.15, 0.2) is 12.3 Å². The maximum Gasteiger partial charge on any atom is 0.138 e. The Hall–Kier alpha value is -1.37. The topological polar surface area (TPSA) is 54.7 Å². The van der Waals surface area contributed by atoms with Crippen molar-refractivity contribution in [1.82, 2.24) is 4.68 Å². The molecule has 0 aliphatic carbocycles. The molecule has 2 radical (unpaired) electrons. The molecule has 0 saturated carbocycles. The van der Waals surface area contributed by atoms with E-state index < -0.39 is 0 Å². The Bertz CT molecular complexity index is 258. The zero-order valence-electron chi connectivity index (χ0n) is 4.70. The second-order valence-electron chi connectivity index (χ2n) is 1.68. The monoisotopic (exact) mass is 117 g/mol. The highest BCUT2D eigenvalue weighted by Gasteiger charge is 1.95. The lowest BCUT2D eigenvalue weighted by molar-refractivity contribution is 0.996. The summed E-state index contributed by atoms with van der Waals surface area (Å²) in [6, 6.07) is 3.39. The lowest BCUT2D eigenvalue weighted by Crippen LogP contribution is -2.09. The van der Waals surface area contributed by atoms with Gasteiger partial charge in [-0.3, -0.25) is 4.68 Å². The van der Waals surface area contributed by atoms with E-state index in [-0.39, 0.29) is 0 Å². The van der Waals surface area contributed by atoms with Gasteiger partial charge in [-0.1, -0.05) is 5.46 Å². The van der Waals surface area contributed by atoms with Gasteiger partial charge in [-0.25, -0.2) is 0 Å². The Kier molecular flexibility index (Phi) is 1.19. The Morgan fingerprint density at radius 3 is 2.67 bits per heavy atom. The molecule has 0 atom stereocenters. The Morgan fingerprint density at radius 2 is 2.44 bits per heavy atom. The van der Waals surface area contributed by atoms with Crippen LogP contribution < -0.4 is 11.3 Å².